The summed E-state index contributed by atoms with van der Waals surface area (Å²) in [5.41, 5.74) is 1.23. The van der Waals surface area contributed by atoms with Gasteiger partial charge in [-0.3, -0.25) is 4.99 Å². The molecule has 0 N–H and O–H groups in total. The molecule has 1 atom stereocenters. The van der Waals surface area contributed by atoms with Crippen LogP contribution < -0.4 is 0 Å². The van der Waals surface area contributed by atoms with Crippen molar-refractivity contribution in [3.63, 3.8) is 0 Å². The molecule has 0 amide bonds. The lowest BCUT2D eigenvalue weighted by atomic mass is 10.2. The highest BCUT2D eigenvalue weighted by Gasteiger charge is 2.38. The van der Waals surface area contributed by atoms with E-state index >= 15 is 0 Å². The minimum Gasteiger partial charge on any atom is -0.409 e. The maximum atomic E-state index is 6.23. The summed E-state index contributed by atoms with van der Waals surface area (Å²) in [5, 5.41) is 0.245. The Morgan fingerprint density at radius 1 is 1.21 bits per heavy atom. The predicted molar refractivity (Wildman–Crippen MR) is 86.4 cm³/mol. The molecule has 0 radical (unpaired) electrons. The summed E-state index contributed by atoms with van der Waals surface area (Å²) in [5.74, 6) is 0. The van der Waals surface area contributed by atoms with Gasteiger partial charge in [0.1, 0.15) is 0 Å². The van der Waals surface area contributed by atoms with Gasteiger partial charge in [-0.15, -0.1) is 0 Å². The molecule has 0 unspecified atom stereocenters. The lowest BCUT2D eigenvalue weighted by Gasteiger charge is -2.37. The highest BCUT2D eigenvalue weighted by Crippen LogP contribution is 2.37. The van der Waals surface area contributed by atoms with Crippen molar-refractivity contribution in [2.24, 2.45) is 4.99 Å². The molecule has 0 aliphatic carbocycles. The fourth-order valence-corrected chi connectivity index (χ4v) is 2.91. The van der Waals surface area contributed by atoms with Gasteiger partial charge in [0.05, 0.1) is 12.6 Å². The van der Waals surface area contributed by atoms with Crippen molar-refractivity contribution in [3.8, 4) is 0 Å². The van der Waals surface area contributed by atoms with Crippen molar-refractivity contribution in [3.05, 3.63) is 35.9 Å². The third-order valence-corrected chi connectivity index (χ3v) is 8.29. The molecule has 0 spiro atoms. The van der Waals surface area contributed by atoms with Crippen molar-refractivity contribution in [2.75, 3.05) is 0 Å². The molecular weight excluding hydrogens is 250 g/mol. The quantitative estimate of drug-likeness (QED) is 0.566. The first kappa shape index (κ1) is 16.1. The maximum absolute atomic E-state index is 6.23. The normalized spacial score (nSPS) is 14.8. The second-order valence-electron chi connectivity index (χ2n) is 6.56. The minimum absolute atomic E-state index is 0.0876. The van der Waals surface area contributed by atoms with Crippen molar-refractivity contribution in [2.45, 2.75) is 58.5 Å². The first-order chi connectivity index (χ1) is 8.72. The first-order valence-electron chi connectivity index (χ1n) is 6.94. The minimum atomic E-state index is -1.69. The van der Waals surface area contributed by atoms with E-state index in [1.54, 1.807) is 0 Å². The number of benzene rings is 1. The van der Waals surface area contributed by atoms with E-state index in [4.69, 9.17) is 4.43 Å². The molecule has 1 rings (SSSR count). The molecular formula is C16H27NOSi. The zero-order valence-electron chi connectivity index (χ0n) is 13.1. The summed E-state index contributed by atoms with van der Waals surface area (Å²) in [7, 11) is -1.69. The first-order valence-corrected chi connectivity index (χ1v) is 9.85. The van der Waals surface area contributed by atoms with Gasteiger partial charge < -0.3 is 4.43 Å². The summed E-state index contributed by atoms with van der Waals surface area (Å²) >= 11 is 0. The van der Waals surface area contributed by atoms with Crippen LogP contribution in [0.1, 0.15) is 33.3 Å². The Morgan fingerprint density at radius 2 is 1.79 bits per heavy atom. The fraction of sp³-hybridized carbons (Fsp3) is 0.562. The maximum Gasteiger partial charge on any atom is 0.192 e. The lowest BCUT2D eigenvalue weighted by molar-refractivity contribution is 0.263. The van der Waals surface area contributed by atoms with E-state index in [2.05, 4.69) is 57.9 Å². The molecule has 2 nitrogen and oxygen atoms in total. The molecule has 1 aromatic carbocycles. The fourth-order valence-electron chi connectivity index (χ4n) is 1.56. The van der Waals surface area contributed by atoms with E-state index in [1.165, 1.54) is 5.56 Å². The van der Waals surface area contributed by atoms with Gasteiger partial charge in [0.15, 0.2) is 8.32 Å². The van der Waals surface area contributed by atoms with Crippen molar-refractivity contribution >= 4 is 14.5 Å². The zero-order valence-corrected chi connectivity index (χ0v) is 14.1. The highest BCUT2D eigenvalue weighted by atomic mass is 28.4. The van der Waals surface area contributed by atoms with Crippen LogP contribution >= 0.6 is 0 Å². The summed E-state index contributed by atoms with van der Waals surface area (Å²) < 4.78 is 6.23. The van der Waals surface area contributed by atoms with Crippen molar-refractivity contribution < 1.29 is 4.43 Å². The number of nitrogens with zero attached hydrogens (tertiary/aromatic N) is 1. The van der Waals surface area contributed by atoms with Gasteiger partial charge in [0, 0.05) is 6.21 Å². The summed E-state index contributed by atoms with van der Waals surface area (Å²) in [6.07, 6.45) is 2.03. The van der Waals surface area contributed by atoms with Crippen LogP contribution in [0, 0.1) is 0 Å². The number of aliphatic imine (C=N–C) groups is 1. The Kier molecular flexibility index (Phi) is 5.50. The highest BCUT2D eigenvalue weighted by molar-refractivity contribution is 6.74. The molecule has 0 fully saturated rings. The Bertz CT molecular complexity index is 407. The Labute approximate surface area is 119 Å². The van der Waals surface area contributed by atoms with Gasteiger partial charge in [-0.2, -0.15) is 0 Å². The van der Waals surface area contributed by atoms with E-state index in [-0.39, 0.29) is 11.1 Å². The Balaban J connectivity index is 2.50. The van der Waals surface area contributed by atoms with E-state index in [0.29, 0.717) is 0 Å². The van der Waals surface area contributed by atoms with E-state index in [1.807, 2.05) is 24.4 Å². The molecule has 19 heavy (non-hydrogen) atoms. The molecule has 0 heterocycles. The smallest absolute Gasteiger partial charge is 0.192 e. The van der Waals surface area contributed by atoms with Gasteiger partial charge in [-0.25, -0.2) is 0 Å². The summed E-state index contributed by atoms with van der Waals surface area (Å²) in [6.45, 7) is 14.1. The molecule has 3 heteroatoms. The molecule has 0 aliphatic heterocycles. The van der Waals surface area contributed by atoms with Crippen LogP contribution in [0.3, 0.4) is 0 Å². The van der Waals surface area contributed by atoms with Crippen LogP contribution in [0.5, 0.6) is 0 Å². The monoisotopic (exact) mass is 277 g/mol. The number of hydrogen-bond acceptors (Lipinski definition) is 2. The molecule has 1 aromatic rings. The molecule has 0 aromatic heterocycles. The number of hydrogen-bond donors (Lipinski definition) is 0. The molecule has 0 saturated heterocycles. The van der Waals surface area contributed by atoms with Gasteiger partial charge in [-0.05, 0) is 30.6 Å². The van der Waals surface area contributed by atoms with Crippen LogP contribution in [0.15, 0.2) is 35.3 Å². The largest absolute Gasteiger partial charge is 0.409 e. The van der Waals surface area contributed by atoms with Gasteiger partial charge in [-0.1, -0.05) is 51.1 Å². The Morgan fingerprint density at radius 3 is 2.32 bits per heavy atom. The van der Waals surface area contributed by atoms with Crippen LogP contribution in [-0.2, 0) is 11.0 Å². The predicted octanol–water partition coefficient (Wildman–Crippen LogP) is 4.67. The molecule has 0 saturated carbocycles. The topological polar surface area (TPSA) is 21.6 Å². The van der Waals surface area contributed by atoms with Gasteiger partial charge >= 0.3 is 0 Å². The average Bonchev–Trinajstić information content (AvgIpc) is 2.28. The molecule has 0 bridgehead atoms. The van der Waals surface area contributed by atoms with Gasteiger partial charge in [0.2, 0.25) is 0 Å². The second kappa shape index (κ2) is 6.48. The van der Waals surface area contributed by atoms with E-state index in [0.717, 1.165) is 6.54 Å². The van der Waals surface area contributed by atoms with E-state index in [9.17, 15) is 0 Å². The summed E-state index contributed by atoms with van der Waals surface area (Å²) in [6, 6.07) is 10.3. The van der Waals surface area contributed by atoms with Crippen LogP contribution in [0.4, 0.5) is 0 Å². The molecule has 106 valence electrons. The van der Waals surface area contributed by atoms with Crippen LogP contribution in [-0.4, -0.2) is 20.6 Å². The van der Waals surface area contributed by atoms with Crippen molar-refractivity contribution in [1.82, 2.24) is 0 Å². The Hall–Kier alpha value is -0.933. The second-order valence-corrected chi connectivity index (χ2v) is 11.3. The third-order valence-electron chi connectivity index (χ3n) is 3.72. The third kappa shape index (κ3) is 5.29. The van der Waals surface area contributed by atoms with Crippen LogP contribution in [0.25, 0.3) is 0 Å². The molecule has 0 aliphatic rings. The summed E-state index contributed by atoms with van der Waals surface area (Å²) in [4.78, 5) is 4.48. The van der Waals surface area contributed by atoms with E-state index < -0.39 is 8.32 Å². The average molecular weight is 277 g/mol. The van der Waals surface area contributed by atoms with Gasteiger partial charge in [0.25, 0.3) is 0 Å². The van der Waals surface area contributed by atoms with Crippen molar-refractivity contribution in [1.29, 1.82) is 0 Å². The zero-order chi connectivity index (χ0) is 14.5. The van der Waals surface area contributed by atoms with Crippen LogP contribution in [0.2, 0.25) is 18.1 Å². The SMILES string of the molecule is C[C@H](C=NCc1ccccc1)O[Si](C)(C)C(C)(C)C. The lowest BCUT2D eigenvalue weighted by Crippen LogP contribution is -2.43. The number of rotatable bonds is 5. The standard InChI is InChI=1S/C16H27NOSi/c1-14(18-19(5,6)16(2,3)4)12-17-13-15-10-8-7-9-11-15/h7-12,14H,13H2,1-6H3/t14-/m1/s1.